The van der Waals surface area contributed by atoms with Crippen molar-refractivity contribution < 1.29 is 9.53 Å². The molecule has 0 aliphatic heterocycles. The maximum absolute atomic E-state index is 12.5. The van der Waals surface area contributed by atoms with Gasteiger partial charge in [-0.2, -0.15) is 0 Å². The summed E-state index contributed by atoms with van der Waals surface area (Å²) in [5, 5.41) is 3.16. The average Bonchev–Trinajstić information content (AvgIpc) is 2.43. The molecule has 1 N–H and O–H groups in total. The van der Waals surface area contributed by atoms with Gasteiger partial charge in [-0.3, -0.25) is 4.79 Å². The molecule has 2 rings (SSSR count). The van der Waals surface area contributed by atoms with Crippen LogP contribution in [0.5, 0.6) is 5.75 Å². The Hall–Kier alpha value is -1.03. The van der Waals surface area contributed by atoms with Crippen LogP contribution in [-0.2, 0) is 0 Å². The Balaban J connectivity index is 2.17. The highest BCUT2D eigenvalue weighted by molar-refractivity contribution is 9.10. The van der Waals surface area contributed by atoms with Gasteiger partial charge in [-0.25, -0.2) is 0 Å². The van der Waals surface area contributed by atoms with Gasteiger partial charge in [0, 0.05) is 16.1 Å². The van der Waals surface area contributed by atoms with E-state index in [4.69, 9.17) is 4.74 Å². The Morgan fingerprint density at radius 2 is 2.05 bits per heavy atom. The number of hydrogen-bond donors (Lipinski definition) is 1. The van der Waals surface area contributed by atoms with Gasteiger partial charge >= 0.3 is 0 Å². The van der Waals surface area contributed by atoms with E-state index in [1.54, 1.807) is 0 Å². The van der Waals surface area contributed by atoms with Crippen LogP contribution in [-0.4, -0.2) is 18.6 Å². The molecular formula is C16H22BrNO2. The lowest BCUT2D eigenvalue weighted by Crippen LogP contribution is -2.36. The van der Waals surface area contributed by atoms with Crippen LogP contribution in [0.1, 0.15) is 54.9 Å². The molecule has 1 aliphatic rings. The summed E-state index contributed by atoms with van der Waals surface area (Å²) in [6, 6.07) is 4.10. The van der Waals surface area contributed by atoms with E-state index in [2.05, 4.69) is 21.2 Å². The van der Waals surface area contributed by atoms with Crippen molar-refractivity contribution in [2.75, 3.05) is 6.61 Å². The number of halogens is 1. The highest BCUT2D eigenvalue weighted by Crippen LogP contribution is 2.29. The first-order chi connectivity index (χ1) is 9.63. The van der Waals surface area contributed by atoms with Crippen molar-refractivity contribution in [1.82, 2.24) is 5.32 Å². The number of ether oxygens (including phenoxy) is 1. The molecule has 1 saturated carbocycles. The number of hydrogen-bond acceptors (Lipinski definition) is 2. The standard InChI is InChI=1S/C16H22BrNO2/c1-3-20-14-10-9-13(17)15(11(14)2)16(19)18-12-7-5-4-6-8-12/h9-10,12H,3-8H2,1-2H3,(H,18,19). The number of benzene rings is 1. The molecule has 0 bridgehead atoms. The molecule has 1 amide bonds. The Kier molecular flexibility index (Phi) is 5.46. The molecule has 4 heteroatoms. The van der Waals surface area contributed by atoms with Gasteiger partial charge in [0.2, 0.25) is 0 Å². The minimum absolute atomic E-state index is 0.00262. The maximum Gasteiger partial charge on any atom is 0.253 e. The summed E-state index contributed by atoms with van der Waals surface area (Å²) in [5.41, 5.74) is 1.59. The first-order valence-electron chi connectivity index (χ1n) is 7.36. The molecule has 0 heterocycles. The van der Waals surface area contributed by atoms with E-state index < -0.39 is 0 Å². The Morgan fingerprint density at radius 1 is 1.35 bits per heavy atom. The third kappa shape index (κ3) is 3.54. The van der Waals surface area contributed by atoms with Gasteiger partial charge in [0.1, 0.15) is 5.75 Å². The fourth-order valence-electron chi connectivity index (χ4n) is 2.75. The van der Waals surface area contributed by atoms with Gasteiger partial charge in [0.05, 0.1) is 12.2 Å². The van der Waals surface area contributed by atoms with Gasteiger partial charge in [0.25, 0.3) is 5.91 Å². The molecule has 0 radical (unpaired) electrons. The molecule has 20 heavy (non-hydrogen) atoms. The van der Waals surface area contributed by atoms with Crippen LogP contribution in [0.2, 0.25) is 0 Å². The zero-order chi connectivity index (χ0) is 14.5. The molecule has 110 valence electrons. The predicted molar refractivity (Wildman–Crippen MR) is 84.4 cm³/mol. The molecule has 0 saturated heterocycles. The summed E-state index contributed by atoms with van der Waals surface area (Å²) in [6.07, 6.45) is 5.89. The van der Waals surface area contributed by atoms with Crippen LogP contribution in [0.15, 0.2) is 16.6 Å². The van der Waals surface area contributed by atoms with Crippen LogP contribution in [0.4, 0.5) is 0 Å². The first-order valence-corrected chi connectivity index (χ1v) is 8.15. The largest absolute Gasteiger partial charge is 0.494 e. The lowest BCUT2D eigenvalue weighted by Gasteiger charge is -2.23. The van der Waals surface area contributed by atoms with E-state index in [-0.39, 0.29) is 5.91 Å². The Bertz CT molecular complexity index is 482. The van der Waals surface area contributed by atoms with E-state index >= 15 is 0 Å². The van der Waals surface area contributed by atoms with Crippen molar-refractivity contribution in [3.05, 3.63) is 27.7 Å². The number of carbonyl (C=O) groups excluding carboxylic acids is 1. The molecule has 0 unspecified atom stereocenters. The Morgan fingerprint density at radius 3 is 2.70 bits per heavy atom. The van der Waals surface area contributed by atoms with E-state index in [1.807, 2.05) is 26.0 Å². The lowest BCUT2D eigenvalue weighted by molar-refractivity contribution is 0.0925. The summed E-state index contributed by atoms with van der Waals surface area (Å²) >= 11 is 3.48. The fraction of sp³-hybridized carbons (Fsp3) is 0.562. The zero-order valence-electron chi connectivity index (χ0n) is 12.2. The van der Waals surface area contributed by atoms with Gasteiger partial charge in [-0.05, 0) is 54.8 Å². The maximum atomic E-state index is 12.5. The van der Waals surface area contributed by atoms with Crippen LogP contribution < -0.4 is 10.1 Å². The summed E-state index contributed by atoms with van der Waals surface area (Å²) in [5.74, 6) is 0.785. The average molecular weight is 340 g/mol. The van der Waals surface area contributed by atoms with Crippen molar-refractivity contribution in [3.63, 3.8) is 0 Å². The minimum atomic E-state index is 0.00262. The zero-order valence-corrected chi connectivity index (χ0v) is 13.8. The highest BCUT2D eigenvalue weighted by Gasteiger charge is 2.21. The molecule has 3 nitrogen and oxygen atoms in total. The number of nitrogens with one attached hydrogen (secondary N) is 1. The summed E-state index contributed by atoms with van der Waals surface area (Å²) < 4.78 is 6.40. The molecule has 0 spiro atoms. The fourth-order valence-corrected chi connectivity index (χ4v) is 3.36. The number of amides is 1. The quantitative estimate of drug-likeness (QED) is 0.891. The SMILES string of the molecule is CCOc1ccc(Br)c(C(=O)NC2CCCCC2)c1C. The molecule has 1 aromatic carbocycles. The molecule has 1 aliphatic carbocycles. The summed E-state index contributed by atoms with van der Waals surface area (Å²) in [6.45, 7) is 4.49. The van der Waals surface area contributed by atoms with Crippen LogP contribution in [0.25, 0.3) is 0 Å². The molecular weight excluding hydrogens is 318 g/mol. The third-order valence-electron chi connectivity index (χ3n) is 3.83. The van der Waals surface area contributed by atoms with Gasteiger partial charge < -0.3 is 10.1 Å². The first kappa shape index (κ1) is 15.4. The number of carbonyl (C=O) groups is 1. The van der Waals surface area contributed by atoms with Crippen molar-refractivity contribution in [2.45, 2.75) is 52.0 Å². The summed E-state index contributed by atoms with van der Waals surface area (Å²) in [4.78, 5) is 12.5. The van der Waals surface area contributed by atoms with E-state index in [0.717, 1.165) is 28.6 Å². The van der Waals surface area contributed by atoms with E-state index in [1.165, 1.54) is 19.3 Å². The van der Waals surface area contributed by atoms with Crippen molar-refractivity contribution in [2.24, 2.45) is 0 Å². The molecule has 1 fully saturated rings. The smallest absolute Gasteiger partial charge is 0.253 e. The second kappa shape index (κ2) is 7.11. The normalized spacial score (nSPS) is 15.9. The Labute approximate surface area is 129 Å². The van der Waals surface area contributed by atoms with E-state index in [0.29, 0.717) is 18.2 Å². The minimum Gasteiger partial charge on any atom is -0.494 e. The van der Waals surface area contributed by atoms with Gasteiger partial charge in [-0.15, -0.1) is 0 Å². The van der Waals surface area contributed by atoms with Gasteiger partial charge in [0.15, 0.2) is 0 Å². The van der Waals surface area contributed by atoms with Crippen molar-refractivity contribution in [1.29, 1.82) is 0 Å². The topological polar surface area (TPSA) is 38.3 Å². The second-order valence-electron chi connectivity index (χ2n) is 5.29. The predicted octanol–water partition coefficient (Wildman–Crippen LogP) is 4.22. The molecule has 0 atom stereocenters. The van der Waals surface area contributed by atoms with Crippen LogP contribution in [0.3, 0.4) is 0 Å². The molecule has 0 aromatic heterocycles. The second-order valence-corrected chi connectivity index (χ2v) is 6.14. The number of rotatable bonds is 4. The summed E-state index contributed by atoms with van der Waals surface area (Å²) in [7, 11) is 0. The van der Waals surface area contributed by atoms with Crippen molar-refractivity contribution in [3.8, 4) is 5.75 Å². The monoisotopic (exact) mass is 339 g/mol. The highest BCUT2D eigenvalue weighted by atomic mass is 79.9. The molecule has 1 aromatic rings. The third-order valence-corrected chi connectivity index (χ3v) is 4.49. The van der Waals surface area contributed by atoms with Crippen LogP contribution >= 0.6 is 15.9 Å². The van der Waals surface area contributed by atoms with Crippen molar-refractivity contribution >= 4 is 21.8 Å². The van der Waals surface area contributed by atoms with E-state index in [9.17, 15) is 4.79 Å². The lowest BCUT2D eigenvalue weighted by atomic mass is 9.95. The van der Waals surface area contributed by atoms with Crippen LogP contribution in [0, 0.1) is 6.92 Å². The van der Waals surface area contributed by atoms with Gasteiger partial charge in [-0.1, -0.05) is 19.3 Å².